The highest BCUT2D eigenvalue weighted by Crippen LogP contribution is 2.36. The molecule has 0 amide bonds. The van der Waals surface area contributed by atoms with Crippen molar-refractivity contribution in [1.82, 2.24) is 5.32 Å². The fraction of sp³-hybridized carbons (Fsp3) is 0.265. The number of methoxy groups -OCH3 is 1. The van der Waals surface area contributed by atoms with Gasteiger partial charge in [0.25, 0.3) is 0 Å². The highest BCUT2D eigenvalue weighted by molar-refractivity contribution is 6.42. The summed E-state index contributed by atoms with van der Waals surface area (Å²) in [4.78, 5) is 5.93. The number of unbranched alkanes of at least 4 members (excludes halogenated alkanes) is 2. The molecule has 0 saturated heterocycles. The number of oxime groups is 1. The van der Waals surface area contributed by atoms with Crippen LogP contribution in [0.3, 0.4) is 0 Å². The molecular weight excluding hydrogens is 539 g/mol. The van der Waals surface area contributed by atoms with E-state index in [9.17, 15) is 0 Å². The lowest BCUT2D eigenvalue weighted by molar-refractivity contribution is 0.141. The molecular formula is C34H36Cl2N2O2. The Kier molecular flexibility index (Phi) is 11.6. The summed E-state index contributed by atoms with van der Waals surface area (Å²) in [6.07, 6.45) is 3.81. The molecule has 0 aromatic heterocycles. The molecule has 40 heavy (non-hydrogen) atoms. The van der Waals surface area contributed by atoms with Crippen LogP contribution in [0.25, 0.3) is 0 Å². The summed E-state index contributed by atoms with van der Waals surface area (Å²) in [5.41, 5.74) is 4.69. The van der Waals surface area contributed by atoms with Crippen LogP contribution in [-0.2, 0) is 15.1 Å². The van der Waals surface area contributed by atoms with E-state index in [1.165, 1.54) is 0 Å². The van der Waals surface area contributed by atoms with Gasteiger partial charge in [-0.2, -0.15) is 0 Å². The highest BCUT2D eigenvalue weighted by Gasteiger charge is 2.35. The van der Waals surface area contributed by atoms with Gasteiger partial charge in [-0.1, -0.05) is 132 Å². The number of hydrogen-bond donors (Lipinski definition) is 1. The summed E-state index contributed by atoms with van der Waals surface area (Å²) in [5, 5.41) is 9.42. The van der Waals surface area contributed by atoms with Gasteiger partial charge < -0.3 is 9.57 Å². The van der Waals surface area contributed by atoms with Gasteiger partial charge in [0.15, 0.2) is 0 Å². The Bertz CT molecular complexity index is 1240. The minimum Gasteiger partial charge on any atom is -0.394 e. The lowest BCUT2D eigenvalue weighted by Gasteiger charge is -2.37. The zero-order valence-electron chi connectivity index (χ0n) is 22.9. The quantitative estimate of drug-likeness (QED) is 0.0669. The number of rotatable bonds is 15. The van der Waals surface area contributed by atoms with Gasteiger partial charge in [-0.05, 0) is 48.1 Å². The van der Waals surface area contributed by atoms with E-state index in [1.54, 1.807) is 13.2 Å². The fourth-order valence-corrected chi connectivity index (χ4v) is 5.21. The minimum atomic E-state index is -0.551. The molecule has 1 N–H and O–H groups in total. The van der Waals surface area contributed by atoms with Gasteiger partial charge in [-0.3, -0.25) is 5.32 Å². The Morgan fingerprint density at radius 1 is 0.700 bits per heavy atom. The number of halogens is 2. The van der Waals surface area contributed by atoms with Crippen molar-refractivity contribution in [3.63, 3.8) is 0 Å². The third kappa shape index (κ3) is 7.74. The van der Waals surface area contributed by atoms with Gasteiger partial charge in [-0.15, -0.1) is 0 Å². The largest absolute Gasteiger partial charge is 0.394 e. The van der Waals surface area contributed by atoms with Gasteiger partial charge in [0, 0.05) is 25.8 Å². The van der Waals surface area contributed by atoms with Crippen molar-refractivity contribution in [3.05, 3.63) is 141 Å². The molecule has 4 aromatic carbocycles. The van der Waals surface area contributed by atoms with Crippen molar-refractivity contribution >= 4 is 28.9 Å². The van der Waals surface area contributed by atoms with Crippen molar-refractivity contribution in [1.29, 1.82) is 0 Å². The number of benzene rings is 4. The molecule has 208 valence electrons. The normalized spacial score (nSPS) is 11.9. The first kappa shape index (κ1) is 29.8. The average molecular weight is 576 g/mol. The maximum absolute atomic E-state index is 6.31. The molecule has 0 radical (unpaired) electrons. The predicted molar refractivity (Wildman–Crippen MR) is 167 cm³/mol. The molecule has 6 heteroatoms. The third-order valence-corrected chi connectivity index (χ3v) is 7.63. The molecule has 0 atom stereocenters. The Morgan fingerprint density at radius 3 is 1.80 bits per heavy atom. The number of nitrogens with zero attached hydrogens (tertiary/aromatic N) is 1. The van der Waals surface area contributed by atoms with E-state index in [1.807, 2.05) is 30.3 Å². The number of nitrogens with one attached hydrogen (secondary N) is 1. The van der Waals surface area contributed by atoms with Crippen molar-refractivity contribution in [3.8, 4) is 0 Å². The summed E-state index contributed by atoms with van der Waals surface area (Å²) < 4.78 is 5.18. The van der Waals surface area contributed by atoms with Gasteiger partial charge >= 0.3 is 0 Å². The minimum absolute atomic E-state index is 0.392. The van der Waals surface area contributed by atoms with Crippen LogP contribution in [0, 0.1) is 0 Å². The first-order chi connectivity index (χ1) is 19.6. The monoisotopic (exact) mass is 574 g/mol. The lowest BCUT2D eigenvalue weighted by Crippen LogP contribution is -2.46. The zero-order valence-corrected chi connectivity index (χ0v) is 24.4. The molecule has 0 spiro atoms. The Labute approximate surface area is 247 Å². The summed E-state index contributed by atoms with van der Waals surface area (Å²) in [5.74, 6) is 0. The van der Waals surface area contributed by atoms with Crippen LogP contribution >= 0.6 is 23.2 Å². The van der Waals surface area contributed by atoms with Crippen molar-refractivity contribution in [2.75, 3.05) is 26.9 Å². The van der Waals surface area contributed by atoms with Crippen molar-refractivity contribution in [2.45, 2.75) is 31.2 Å². The summed E-state index contributed by atoms with van der Waals surface area (Å²) in [7, 11) is 1.73. The molecule has 0 aliphatic rings. The number of ether oxygens (including phenoxy) is 1. The van der Waals surface area contributed by atoms with E-state index in [-0.39, 0.29) is 0 Å². The van der Waals surface area contributed by atoms with E-state index in [4.69, 9.17) is 32.8 Å². The van der Waals surface area contributed by atoms with E-state index in [0.717, 1.165) is 60.3 Å². The van der Waals surface area contributed by atoms with Crippen molar-refractivity contribution < 1.29 is 9.57 Å². The maximum atomic E-state index is 6.31. The zero-order chi connectivity index (χ0) is 28.0. The van der Waals surface area contributed by atoms with Crippen LogP contribution in [0.1, 0.15) is 47.9 Å². The molecule has 4 aromatic rings. The molecule has 0 heterocycles. The average Bonchev–Trinajstić information content (AvgIpc) is 3.00. The van der Waals surface area contributed by atoms with E-state index < -0.39 is 5.54 Å². The summed E-state index contributed by atoms with van der Waals surface area (Å²) in [6, 6.07) is 37.2. The van der Waals surface area contributed by atoms with Crippen LogP contribution in [0.15, 0.2) is 114 Å². The number of hydrogen-bond acceptors (Lipinski definition) is 4. The second-order valence-electron chi connectivity index (χ2n) is 9.58. The molecule has 0 aliphatic heterocycles. The molecule has 4 nitrogen and oxygen atoms in total. The van der Waals surface area contributed by atoms with Gasteiger partial charge in [0.05, 0.1) is 21.3 Å². The highest BCUT2D eigenvalue weighted by atomic mass is 35.5. The fourth-order valence-electron chi connectivity index (χ4n) is 4.91. The van der Waals surface area contributed by atoms with Crippen LogP contribution in [0.4, 0.5) is 0 Å². The van der Waals surface area contributed by atoms with Crippen molar-refractivity contribution in [2.24, 2.45) is 5.16 Å². The lowest BCUT2D eigenvalue weighted by atomic mass is 9.77. The molecule has 0 aliphatic carbocycles. The topological polar surface area (TPSA) is 42.9 Å². The smallest absolute Gasteiger partial charge is 0.129 e. The third-order valence-electron chi connectivity index (χ3n) is 6.89. The molecule has 0 bridgehead atoms. The van der Waals surface area contributed by atoms with E-state index in [0.29, 0.717) is 23.2 Å². The second kappa shape index (κ2) is 15.6. The molecule has 4 rings (SSSR count). The predicted octanol–water partition coefficient (Wildman–Crippen LogP) is 8.50. The molecule has 0 fully saturated rings. The maximum Gasteiger partial charge on any atom is 0.129 e. The Balaban J connectivity index is 1.54. The van der Waals surface area contributed by atoms with Crippen LogP contribution in [0.2, 0.25) is 10.0 Å². The molecule has 0 unspecified atom stereocenters. The first-order valence-electron chi connectivity index (χ1n) is 13.7. The van der Waals surface area contributed by atoms with Crippen LogP contribution < -0.4 is 5.32 Å². The van der Waals surface area contributed by atoms with Gasteiger partial charge in [-0.25, -0.2) is 0 Å². The Hall–Kier alpha value is -3.15. The second-order valence-corrected chi connectivity index (χ2v) is 10.4. The Morgan fingerprint density at radius 2 is 1.27 bits per heavy atom. The van der Waals surface area contributed by atoms with E-state index >= 15 is 0 Å². The summed E-state index contributed by atoms with van der Waals surface area (Å²) >= 11 is 12.5. The van der Waals surface area contributed by atoms with E-state index in [2.05, 4.69) is 83.3 Å². The SMILES string of the molecule is COCCCCCC(=NOCCNC(c1ccccc1)(c1ccccc1)c1ccccc1)c1ccc(Cl)c(Cl)c1. The first-order valence-corrected chi connectivity index (χ1v) is 14.5. The van der Waals surface area contributed by atoms with Crippen LogP contribution in [-0.4, -0.2) is 32.6 Å². The van der Waals surface area contributed by atoms with Gasteiger partial charge in [0.2, 0.25) is 0 Å². The summed E-state index contributed by atoms with van der Waals surface area (Å²) in [6.45, 7) is 1.72. The van der Waals surface area contributed by atoms with Crippen LogP contribution in [0.5, 0.6) is 0 Å². The molecule has 0 saturated carbocycles. The van der Waals surface area contributed by atoms with Gasteiger partial charge in [0.1, 0.15) is 6.61 Å². The standard InChI is InChI=1S/C34H36Cl2N2O2/c1-39-24-13-5-12-20-33(27-21-22-31(35)32(36)26-27)38-40-25-23-37-34(28-14-6-2-7-15-28,29-16-8-3-9-17-29)30-18-10-4-11-19-30/h2-4,6-11,14-19,21-22,26,37H,5,12-13,20,23-25H2,1H3.